The van der Waals surface area contributed by atoms with Crippen LogP contribution in [0.5, 0.6) is 0 Å². The number of rotatable bonds is 4. The summed E-state index contributed by atoms with van der Waals surface area (Å²) in [7, 11) is 0. The van der Waals surface area contributed by atoms with Crippen molar-refractivity contribution in [2.75, 3.05) is 0 Å². The van der Waals surface area contributed by atoms with Gasteiger partial charge in [0.1, 0.15) is 0 Å². The maximum atomic E-state index is 3.85. The van der Waals surface area contributed by atoms with E-state index in [1.807, 2.05) is 0 Å². The van der Waals surface area contributed by atoms with Gasteiger partial charge in [-0.2, -0.15) is 0 Å². The normalized spacial score (nSPS) is 26.9. The fraction of sp³-hybridized carbons (Fsp3) is 0.636. The average molecular weight is 229 g/mol. The van der Waals surface area contributed by atoms with Crippen molar-refractivity contribution in [2.24, 2.45) is 5.41 Å². The van der Waals surface area contributed by atoms with E-state index < -0.39 is 0 Å². The molecule has 0 radical (unpaired) electrons. The second-order valence-corrected chi connectivity index (χ2v) is 6.80. The molecule has 1 heterocycles. The van der Waals surface area contributed by atoms with Crippen LogP contribution in [0.4, 0.5) is 0 Å². The first kappa shape index (κ1) is 10.1. The predicted molar refractivity (Wildman–Crippen MR) is 56.7 cm³/mol. The molecule has 0 aromatic rings. The zero-order valence-electron chi connectivity index (χ0n) is 7.88. The topological polar surface area (TPSA) is 0 Å². The van der Waals surface area contributed by atoms with Crippen molar-refractivity contribution in [3.8, 4) is 0 Å². The summed E-state index contributed by atoms with van der Waals surface area (Å²) >= 11 is 0.867. The van der Waals surface area contributed by atoms with Gasteiger partial charge in [0.2, 0.25) is 0 Å². The second-order valence-electron chi connectivity index (χ2n) is 3.81. The van der Waals surface area contributed by atoms with Gasteiger partial charge in [0.15, 0.2) is 0 Å². The molecule has 0 aromatic heterocycles. The van der Waals surface area contributed by atoms with Crippen LogP contribution in [0.15, 0.2) is 25.3 Å². The Balaban J connectivity index is 2.59. The molecule has 1 rings (SSSR count). The molecule has 0 aliphatic carbocycles. The van der Waals surface area contributed by atoms with Crippen LogP contribution < -0.4 is 0 Å². The van der Waals surface area contributed by atoms with E-state index in [9.17, 15) is 0 Å². The molecule has 0 nitrogen and oxygen atoms in total. The third-order valence-corrected chi connectivity index (χ3v) is 5.73. The molecular weight excluding hydrogens is 211 g/mol. The minimum atomic E-state index is 0.558. The summed E-state index contributed by atoms with van der Waals surface area (Å²) in [6.07, 6.45) is 7.93. The molecule has 0 bridgehead atoms. The van der Waals surface area contributed by atoms with E-state index in [0.29, 0.717) is 5.41 Å². The van der Waals surface area contributed by atoms with Gasteiger partial charge in [0.05, 0.1) is 0 Å². The van der Waals surface area contributed by atoms with Crippen molar-refractivity contribution in [1.82, 2.24) is 0 Å². The Morgan fingerprint density at radius 3 is 2.33 bits per heavy atom. The van der Waals surface area contributed by atoms with Crippen LogP contribution in [0.25, 0.3) is 0 Å². The molecule has 0 spiro atoms. The zero-order valence-corrected chi connectivity index (χ0v) is 9.60. The van der Waals surface area contributed by atoms with Gasteiger partial charge in [-0.15, -0.1) is 0 Å². The van der Waals surface area contributed by atoms with Gasteiger partial charge in [0.25, 0.3) is 0 Å². The summed E-state index contributed by atoms with van der Waals surface area (Å²) in [5, 5.41) is 1.43. The Morgan fingerprint density at radius 1 is 1.42 bits per heavy atom. The standard InChI is InChI=1S/C11H18Se/c1-4-6-11(7-5-2)8-10(3)12-9-11/h4-5,10H,1-2,6-9H2,3H3. The van der Waals surface area contributed by atoms with E-state index in [2.05, 4.69) is 32.2 Å². The number of hydrogen-bond acceptors (Lipinski definition) is 0. The first-order chi connectivity index (χ1) is 5.72. The Bertz CT molecular complexity index is 162. The molecule has 0 aromatic carbocycles. The average Bonchev–Trinajstić information content (AvgIpc) is 2.34. The molecule has 68 valence electrons. The van der Waals surface area contributed by atoms with Crippen molar-refractivity contribution >= 4 is 15.0 Å². The molecule has 1 aliphatic rings. The molecule has 1 unspecified atom stereocenters. The minimum absolute atomic E-state index is 0.558. The quantitative estimate of drug-likeness (QED) is 0.511. The van der Waals surface area contributed by atoms with E-state index >= 15 is 0 Å². The van der Waals surface area contributed by atoms with Crippen LogP contribution in [0, 0.1) is 5.41 Å². The number of hydrogen-bond donors (Lipinski definition) is 0. The Hall–Kier alpha value is -0.000519. The maximum absolute atomic E-state index is 3.85. The summed E-state index contributed by atoms with van der Waals surface area (Å²) in [5.41, 5.74) is 0.558. The van der Waals surface area contributed by atoms with Crippen molar-refractivity contribution in [3.05, 3.63) is 25.3 Å². The van der Waals surface area contributed by atoms with Crippen LogP contribution in [0.1, 0.15) is 26.2 Å². The van der Waals surface area contributed by atoms with E-state index in [-0.39, 0.29) is 0 Å². The van der Waals surface area contributed by atoms with Crippen LogP contribution in [0.3, 0.4) is 0 Å². The van der Waals surface area contributed by atoms with Crippen LogP contribution in [-0.2, 0) is 0 Å². The molecule has 1 saturated heterocycles. The van der Waals surface area contributed by atoms with E-state index in [1.165, 1.54) is 24.6 Å². The molecular formula is C11H18Se. The van der Waals surface area contributed by atoms with E-state index in [1.54, 1.807) is 0 Å². The van der Waals surface area contributed by atoms with Gasteiger partial charge < -0.3 is 0 Å². The van der Waals surface area contributed by atoms with Gasteiger partial charge in [-0.05, 0) is 0 Å². The van der Waals surface area contributed by atoms with Crippen molar-refractivity contribution < 1.29 is 0 Å². The Kier molecular flexibility index (Phi) is 3.61. The second kappa shape index (κ2) is 4.30. The van der Waals surface area contributed by atoms with Gasteiger partial charge in [0, 0.05) is 0 Å². The number of allylic oxidation sites excluding steroid dienone is 2. The van der Waals surface area contributed by atoms with Crippen molar-refractivity contribution in [2.45, 2.75) is 36.3 Å². The summed E-state index contributed by atoms with van der Waals surface area (Å²) in [4.78, 5) is 0.970. The predicted octanol–water partition coefficient (Wildman–Crippen LogP) is 3.46. The fourth-order valence-corrected chi connectivity index (χ4v) is 5.10. The molecule has 1 heteroatoms. The summed E-state index contributed by atoms with van der Waals surface area (Å²) in [5.74, 6) is 0. The fourth-order valence-electron chi connectivity index (χ4n) is 2.03. The van der Waals surface area contributed by atoms with Crippen molar-refractivity contribution in [3.63, 3.8) is 0 Å². The van der Waals surface area contributed by atoms with Gasteiger partial charge >= 0.3 is 82.0 Å². The molecule has 1 aliphatic heterocycles. The molecule has 0 saturated carbocycles. The van der Waals surface area contributed by atoms with E-state index in [4.69, 9.17) is 0 Å². The summed E-state index contributed by atoms with van der Waals surface area (Å²) in [6, 6.07) is 0. The Morgan fingerprint density at radius 2 is 2.00 bits per heavy atom. The van der Waals surface area contributed by atoms with Gasteiger partial charge in [-0.25, -0.2) is 0 Å². The molecule has 0 amide bonds. The first-order valence-electron chi connectivity index (χ1n) is 4.56. The van der Waals surface area contributed by atoms with Crippen LogP contribution >= 0.6 is 0 Å². The molecule has 0 N–H and O–H groups in total. The molecule has 1 fully saturated rings. The Labute approximate surface area is 82.3 Å². The van der Waals surface area contributed by atoms with Crippen LogP contribution in [-0.4, -0.2) is 15.0 Å². The summed E-state index contributed by atoms with van der Waals surface area (Å²) in [6.45, 7) is 10.1. The monoisotopic (exact) mass is 230 g/mol. The van der Waals surface area contributed by atoms with Gasteiger partial charge in [-0.1, -0.05) is 0 Å². The van der Waals surface area contributed by atoms with Crippen molar-refractivity contribution in [1.29, 1.82) is 0 Å². The van der Waals surface area contributed by atoms with Gasteiger partial charge in [-0.3, -0.25) is 0 Å². The van der Waals surface area contributed by atoms with Crippen LogP contribution in [0.2, 0.25) is 10.1 Å². The SMILES string of the molecule is C=CCC1(CC=C)C[Se]C(C)C1. The third kappa shape index (κ3) is 2.24. The molecule has 1 atom stereocenters. The first-order valence-corrected chi connectivity index (χ1v) is 6.76. The third-order valence-electron chi connectivity index (χ3n) is 2.55. The van der Waals surface area contributed by atoms with E-state index in [0.717, 1.165) is 19.8 Å². The zero-order chi connectivity index (χ0) is 9.03. The summed E-state index contributed by atoms with van der Waals surface area (Å²) < 4.78 is 0. The molecule has 12 heavy (non-hydrogen) atoms.